The smallest absolute Gasteiger partial charge is 0.166 e. The van der Waals surface area contributed by atoms with Crippen LogP contribution in [0.15, 0.2) is 24.3 Å². The van der Waals surface area contributed by atoms with Gasteiger partial charge >= 0.3 is 0 Å². The van der Waals surface area contributed by atoms with Gasteiger partial charge in [0.1, 0.15) is 5.82 Å². The van der Waals surface area contributed by atoms with Crippen molar-refractivity contribution >= 4 is 5.69 Å². The second kappa shape index (κ2) is 5.03. The SMILES string of the molecule is CNc1ccccc1-c1nnc(C)n1C1CCCC1. The molecular weight excluding hydrogens is 236 g/mol. The Bertz CT molecular complexity index is 567. The molecule has 1 N–H and O–H groups in total. The number of nitrogens with zero attached hydrogens (tertiary/aromatic N) is 3. The highest BCUT2D eigenvalue weighted by Crippen LogP contribution is 2.35. The van der Waals surface area contributed by atoms with Crippen molar-refractivity contribution in [2.24, 2.45) is 0 Å². The Kier molecular flexibility index (Phi) is 3.23. The van der Waals surface area contributed by atoms with Gasteiger partial charge < -0.3 is 9.88 Å². The summed E-state index contributed by atoms with van der Waals surface area (Å²) in [7, 11) is 1.95. The molecule has 1 heterocycles. The van der Waals surface area contributed by atoms with E-state index < -0.39 is 0 Å². The van der Waals surface area contributed by atoms with Gasteiger partial charge in [-0.15, -0.1) is 10.2 Å². The van der Waals surface area contributed by atoms with E-state index in [2.05, 4.69) is 45.2 Å². The molecule has 0 unspecified atom stereocenters. The van der Waals surface area contributed by atoms with Crippen LogP contribution in [0.25, 0.3) is 11.4 Å². The molecule has 0 bridgehead atoms. The molecule has 0 amide bonds. The number of para-hydroxylation sites is 1. The lowest BCUT2D eigenvalue weighted by molar-refractivity contribution is 0.510. The molecule has 1 aromatic heterocycles. The number of aromatic nitrogens is 3. The monoisotopic (exact) mass is 256 g/mol. The van der Waals surface area contributed by atoms with Gasteiger partial charge in [0.05, 0.1) is 0 Å². The van der Waals surface area contributed by atoms with E-state index in [4.69, 9.17) is 0 Å². The highest BCUT2D eigenvalue weighted by Gasteiger charge is 2.23. The summed E-state index contributed by atoms with van der Waals surface area (Å²) in [5, 5.41) is 12.0. The van der Waals surface area contributed by atoms with E-state index in [0.717, 1.165) is 22.9 Å². The van der Waals surface area contributed by atoms with Gasteiger partial charge in [0, 0.05) is 24.3 Å². The predicted octanol–water partition coefficient (Wildman–Crippen LogP) is 3.41. The van der Waals surface area contributed by atoms with Crippen molar-refractivity contribution in [3.63, 3.8) is 0 Å². The predicted molar refractivity (Wildman–Crippen MR) is 77.2 cm³/mol. The summed E-state index contributed by atoms with van der Waals surface area (Å²) < 4.78 is 2.32. The minimum absolute atomic E-state index is 0.565. The maximum atomic E-state index is 4.41. The standard InChI is InChI=1S/C15H20N4/c1-11-17-18-15(19(11)12-7-3-4-8-12)13-9-5-6-10-14(13)16-2/h5-6,9-10,12,16H,3-4,7-8H2,1-2H3. The first-order valence-corrected chi connectivity index (χ1v) is 7.00. The maximum absolute atomic E-state index is 4.41. The number of hydrogen-bond acceptors (Lipinski definition) is 3. The molecule has 1 saturated carbocycles. The van der Waals surface area contributed by atoms with Crippen molar-refractivity contribution < 1.29 is 0 Å². The molecule has 4 nitrogen and oxygen atoms in total. The van der Waals surface area contributed by atoms with E-state index in [0.29, 0.717) is 6.04 Å². The van der Waals surface area contributed by atoms with E-state index in [-0.39, 0.29) is 0 Å². The Balaban J connectivity index is 2.10. The molecule has 0 spiro atoms. The van der Waals surface area contributed by atoms with Crippen molar-refractivity contribution in [2.45, 2.75) is 38.6 Å². The Hall–Kier alpha value is -1.84. The largest absolute Gasteiger partial charge is 0.388 e. The Labute approximate surface area is 113 Å². The van der Waals surface area contributed by atoms with Crippen LogP contribution in [0.4, 0.5) is 5.69 Å². The second-order valence-electron chi connectivity index (χ2n) is 5.17. The third-order valence-electron chi connectivity index (χ3n) is 3.99. The summed E-state index contributed by atoms with van der Waals surface area (Å²) >= 11 is 0. The molecule has 1 aliphatic rings. The van der Waals surface area contributed by atoms with Gasteiger partial charge in [-0.1, -0.05) is 25.0 Å². The number of nitrogens with one attached hydrogen (secondary N) is 1. The van der Waals surface area contributed by atoms with Gasteiger partial charge in [-0.3, -0.25) is 0 Å². The zero-order chi connectivity index (χ0) is 13.2. The maximum Gasteiger partial charge on any atom is 0.166 e. The van der Waals surface area contributed by atoms with Crippen LogP contribution >= 0.6 is 0 Å². The average molecular weight is 256 g/mol. The van der Waals surface area contributed by atoms with Crippen molar-refractivity contribution in [1.82, 2.24) is 14.8 Å². The average Bonchev–Trinajstić information content (AvgIpc) is 3.07. The van der Waals surface area contributed by atoms with Crippen LogP contribution in [0.5, 0.6) is 0 Å². The van der Waals surface area contributed by atoms with E-state index in [1.54, 1.807) is 0 Å². The lowest BCUT2D eigenvalue weighted by Crippen LogP contribution is -2.09. The quantitative estimate of drug-likeness (QED) is 0.915. The first kappa shape index (κ1) is 12.2. The number of rotatable bonds is 3. The molecule has 4 heteroatoms. The van der Waals surface area contributed by atoms with Crippen LogP contribution in [0.2, 0.25) is 0 Å². The van der Waals surface area contributed by atoms with E-state index >= 15 is 0 Å². The number of aryl methyl sites for hydroxylation is 1. The van der Waals surface area contributed by atoms with E-state index in [1.165, 1.54) is 25.7 Å². The Morgan fingerprint density at radius 3 is 2.63 bits per heavy atom. The molecule has 0 atom stereocenters. The topological polar surface area (TPSA) is 42.7 Å². The molecular formula is C15H20N4. The zero-order valence-corrected chi connectivity index (χ0v) is 11.6. The molecule has 3 rings (SSSR count). The lowest BCUT2D eigenvalue weighted by atomic mass is 10.1. The van der Waals surface area contributed by atoms with Gasteiger partial charge in [-0.25, -0.2) is 0 Å². The highest BCUT2D eigenvalue weighted by molar-refractivity contribution is 5.73. The summed E-state index contributed by atoms with van der Waals surface area (Å²) in [4.78, 5) is 0. The first-order valence-electron chi connectivity index (χ1n) is 7.00. The van der Waals surface area contributed by atoms with Gasteiger partial charge in [0.25, 0.3) is 0 Å². The number of anilines is 1. The van der Waals surface area contributed by atoms with E-state index in [9.17, 15) is 0 Å². The molecule has 2 aromatic rings. The fraction of sp³-hybridized carbons (Fsp3) is 0.467. The molecule has 0 aliphatic heterocycles. The third kappa shape index (κ3) is 2.11. The van der Waals surface area contributed by atoms with Crippen LogP contribution in [-0.4, -0.2) is 21.8 Å². The van der Waals surface area contributed by atoms with Crippen LogP contribution in [-0.2, 0) is 0 Å². The number of hydrogen-bond donors (Lipinski definition) is 1. The molecule has 0 radical (unpaired) electrons. The van der Waals surface area contributed by atoms with Crippen molar-refractivity contribution in [3.05, 3.63) is 30.1 Å². The second-order valence-corrected chi connectivity index (χ2v) is 5.17. The highest BCUT2D eigenvalue weighted by atomic mass is 15.3. The fourth-order valence-electron chi connectivity index (χ4n) is 3.05. The third-order valence-corrected chi connectivity index (χ3v) is 3.99. The van der Waals surface area contributed by atoms with E-state index in [1.807, 2.05) is 13.1 Å². The molecule has 100 valence electrons. The lowest BCUT2D eigenvalue weighted by Gasteiger charge is -2.17. The minimum atomic E-state index is 0.565. The van der Waals surface area contributed by atoms with Crippen LogP contribution in [0.3, 0.4) is 0 Å². The summed E-state index contributed by atoms with van der Waals surface area (Å²) in [6.45, 7) is 2.05. The molecule has 19 heavy (non-hydrogen) atoms. The van der Waals surface area contributed by atoms with Gasteiger partial charge in [-0.05, 0) is 31.9 Å². The molecule has 0 saturated heterocycles. The van der Waals surface area contributed by atoms with Crippen molar-refractivity contribution in [2.75, 3.05) is 12.4 Å². The number of benzene rings is 1. The van der Waals surface area contributed by atoms with Gasteiger partial charge in [0.15, 0.2) is 5.82 Å². The molecule has 1 aromatic carbocycles. The summed E-state index contributed by atoms with van der Waals surface area (Å²) in [5.74, 6) is 2.02. The summed E-state index contributed by atoms with van der Waals surface area (Å²) in [6.07, 6.45) is 5.12. The molecule has 1 fully saturated rings. The Morgan fingerprint density at radius 2 is 1.89 bits per heavy atom. The normalized spacial score (nSPS) is 15.9. The molecule has 1 aliphatic carbocycles. The van der Waals surface area contributed by atoms with Crippen molar-refractivity contribution in [1.29, 1.82) is 0 Å². The Morgan fingerprint density at radius 1 is 1.16 bits per heavy atom. The summed E-state index contributed by atoms with van der Waals surface area (Å²) in [5.41, 5.74) is 2.24. The first-order chi connectivity index (χ1) is 9.31. The van der Waals surface area contributed by atoms with Gasteiger partial charge in [-0.2, -0.15) is 0 Å². The zero-order valence-electron chi connectivity index (χ0n) is 11.6. The van der Waals surface area contributed by atoms with Gasteiger partial charge in [0.2, 0.25) is 0 Å². The van der Waals surface area contributed by atoms with Crippen LogP contribution in [0.1, 0.15) is 37.5 Å². The van der Waals surface area contributed by atoms with Crippen LogP contribution in [0, 0.1) is 6.92 Å². The van der Waals surface area contributed by atoms with Crippen molar-refractivity contribution in [3.8, 4) is 11.4 Å². The minimum Gasteiger partial charge on any atom is -0.388 e. The van der Waals surface area contributed by atoms with Crippen LogP contribution < -0.4 is 5.32 Å². The summed E-state index contributed by atoms with van der Waals surface area (Å²) in [6, 6.07) is 8.85. The fourth-order valence-corrected chi connectivity index (χ4v) is 3.05.